The first-order valence-electron chi connectivity index (χ1n) is 7.88. The highest BCUT2D eigenvalue weighted by Gasteiger charge is 2.23. The van der Waals surface area contributed by atoms with Gasteiger partial charge in [-0.3, -0.25) is 0 Å². The standard InChI is InChI=1S/C19H33N/c1-14(2)19(7,8)13-20-15(3)16-9-11-17(12-10-16)18(4,5)6/h9-12,14-15,20H,13H2,1-8H3. The predicted octanol–water partition coefficient (Wildman–Crippen LogP) is 5.32. The van der Waals surface area contributed by atoms with Crippen LogP contribution in [0.3, 0.4) is 0 Å². The molecular formula is C19H33N. The Morgan fingerprint density at radius 3 is 1.80 bits per heavy atom. The third kappa shape index (κ3) is 4.63. The normalized spacial score (nSPS) is 14.7. The molecule has 0 aliphatic rings. The number of nitrogens with one attached hydrogen (secondary N) is 1. The Labute approximate surface area is 126 Å². The molecule has 1 rings (SSSR count). The zero-order chi connectivity index (χ0) is 15.6. The maximum absolute atomic E-state index is 3.68. The molecule has 0 aromatic heterocycles. The average Bonchev–Trinajstić information content (AvgIpc) is 2.35. The molecule has 1 heteroatoms. The van der Waals surface area contributed by atoms with Crippen LogP contribution in [0, 0.1) is 11.3 Å². The van der Waals surface area contributed by atoms with Gasteiger partial charge in [-0.05, 0) is 34.8 Å². The topological polar surface area (TPSA) is 12.0 Å². The molecular weight excluding hydrogens is 242 g/mol. The monoisotopic (exact) mass is 275 g/mol. The van der Waals surface area contributed by atoms with Gasteiger partial charge >= 0.3 is 0 Å². The third-order valence-electron chi connectivity index (χ3n) is 4.70. The molecule has 0 heterocycles. The lowest BCUT2D eigenvalue weighted by Crippen LogP contribution is -2.34. The molecule has 0 saturated heterocycles. The average molecular weight is 275 g/mol. The lowest BCUT2D eigenvalue weighted by molar-refractivity contribution is 0.230. The van der Waals surface area contributed by atoms with Crippen LogP contribution < -0.4 is 5.32 Å². The van der Waals surface area contributed by atoms with Gasteiger partial charge in [0.15, 0.2) is 0 Å². The highest BCUT2D eigenvalue weighted by atomic mass is 14.9. The minimum absolute atomic E-state index is 0.231. The van der Waals surface area contributed by atoms with Crippen LogP contribution in [0.1, 0.15) is 72.6 Å². The molecule has 0 bridgehead atoms. The van der Waals surface area contributed by atoms with Gasteiger partial charge in [0.05, 0.1) is 0 Å². The first-order chi connectivity index (χ1) is 9.04. The summed E-state index contributed by atoms with van der Waals surface area (Å²) in [5.74, 6) is 0.686. The Morgan fingerprint density at radius 2 is 1.40 bits per heavy atom. The van der Waals surface area contributed by atoms with Gasteiger partial charge in [0.2, 0.25) is 0 Å². The molecule has 1 atom stereocenters. The Morgan fingerprint density at radius 1 is 0.900 bits per heavy atom. The van der Waals surface area contributed by atoms with Gasteiger partial charge in [0.1, 0.15) is 0 Å². The van der Waals surface area contributed by atoms with E-state index < -0.39 is 0 Å². The summed E-state index contributed by atoms with van der Waals surface area (Å²) < 4.78 is 0. The number of benzene rings is 1. The van der Waals surface area contributed by atoms with Gasteiger partial charge in [0, 0.05) is 12.6 Å². The van der Waals surface area contributed by atoms with Crippen molar-refractivity contribution in [3.05, 3.63) is 35.4 Å². The van der Waals surface area contributed by atoms with Crippen LogP contribution in [0.2, 0.25) is 0 Å². The predicted molar refractivity (Wildman–Crippen MR) is 90.2 cm³/mol. The van der Waals surface area contributed by atoms with Crippen molar-refractivity contribution in [3.8, 4) is 0 Å². The van der Waals surface area contributed by atoms with Crippen molar-refractivity contribution in [1.82, 2.24) is 5.32 Å². The van der Waals surface area contributed by atoms with Crippen molar-refractivity contribution < 1.29 is 0 Å². The van der Waals surface area contributed by atoms with E-state index in [4.69, 9.17) is 0 Å². The largest absolute Gasteiger partial charge is 0.310 e. The van der Waals surface area contributed by atoms with Gasteiger partial charge in [-0.15, -0.1) is 0 Å². The first-order valence-corrected chi connectivity index (χ1v) is 7.88. The number of rotatable bonds is 5. The second-order valence-electron chi connectivity index (χ2n) is 8.12. The van der Waals surface area contributed by atoms with Gasteiger partial charge in [0.25, 0.3) is 0 Å². The molecule has 0 saturated carbocycles. The summed E-state index contributed by atoms with van der Waals surface area (Å²) in [6.07, 6.45) is 0. The van der Waals surface area contributed by atoms with E-state index in [-0.39, 0.29) is 5.41 Å². The van der Waals surface area contributed by atoms with Crippen molar-refractivity contribution in [2.45, 2.75) is 66.8 Å². The summed E-state index contributed by atoms with van der Waals surface area (Å²) in [5.41, 5.74) is 3.34. The Hall–Kier alpha value is -0.820. The van der Waals surface area contributed by atoms with Crippen molar-refractivity contribution in [2.75, 3.05) is 6.54 Å². The van der Waals surface area contributed by atoms with Crippen LogP contribution in [0.4, 0.5) is 0 Å². The summed E-state index contributed by atoms with van der Waals surface area (Å²) in [6, 6.07) is 9.46. The molecule has 0 aliphatic heterocycles. The van der Waals surface area contributed by atoms with Gasteiger partial charge in [-0.2, -0.15) is 0 Å². The van der Waals surface area contributed by atoms with E-state index in [1.54, 1.807) is 0 Å². The minimum atomic E-state index is 0.231. The van der Waals surface area contributed by atoms with E-state index >= 15 is 0 Å². The minimum Gasteiger partial charge on any atom is -0.310 e. The van der Waals surface area contributed by atoms with E-state index in [9.17, 15) is 0 Å². The van der Waals surface area contributed by atoms with Gasteiger partial charge < -0.3 is 5.32 Å². The van der Waals surface area contributed by atoms with Crippen LogP contribution in [0.25, 0.3) is 0 Å². The van der Waals surface area contributed by atoms with Crippen molar-refractivity contribution in [2.24, 2.45) is 11.3 Å². The van der Waals surface area contributed by atoms with Crippen LogP contribution in [-0.2, 0) is 5.41 Å². The fraction of sp³-hybridized carbons (Fsp3) is 0.684. The molecule has 0 spiro atoms. The van der Waals surface area contributed by atoms with E-state index in [0.29, 0.717) is 17.4 Å². The highest BCUT2D eigenvalue weighted by Crippen LogP contribution is 2.27. The third-order valence-corrected chi connectivity index (χ3v) is 4.70. The van der Waals surface area contributed by atoms with Crippen LogP contribution in [0.15, 0.2) is 24.3 Å². The molecule has 0 radical (unpaired) electrons. The first kappa shape index (κ1) is 17.2. The van der Waals surface area contributed by atoms with E-state index in [2.05, 4.69) is 85.0 Å². The van der Waals surface area contributed by atoms with E-state index in [1.165, 1.54) is 11.1 Å². The van der Waals surface area contributed by atoms with Gasteiger partial charge in [-0.25, -0.2) is 0 Å². The van der Waals surface area contributed by atoms with E-state index in [0.717, 1.165) is 6.54 Å². The molecule has 114 valence electrons. The Bertz CT molecular complexity index is 406. The van der Waals surface area contributed by atoms with Crippen LogP contribution >= 0.6 is 0 Å². The second kappa shape index (κ2) is 6.30. The fourth-order valence-corrected chi connectivity index (χ4v) is 2.01. The summed E-state index contributed by atoms with van der Waals surface area (Å²) in [7, 11) is 0. The Kier molecular flexibility index (Phi) is 5.43. The van der Waals surface area contributed by atoms with Crippen molar-refractivity contribution in [3.63, 3.8) is 0 Å². The molecule has 0 fully saturated rings. The summed E-state index contributed by atoms with van der Waals surface area (Å²) in [5, 5.41) is 3.68. The number of hydrogen-bond acceptors (Lipinski definition) is 1. The lowest BCUT2D eigenvalue weighted by Gasteiger charge is -2.31. The van der Waals surface area contributed by atoms with Crippen molar-refractivity contribution in [1.29, 1.82) is 0 Å². The smallest absolute Gasteiger partial charge is 0.0292 e. The summed E-state index contributed by atoms with van der Waals surface area (Å²) in [4.78, 5) is 0. The van der Waals surface area contributed by atoms with Crippen LogP contribution in [-0.4, -0.2) is 6.54 Å². The molecule has 1 nitrogen and oxygen atoms in total. The maximum Gasteiger partial charge on any atom is 0.0292 e. The van der Waals surface area contributed by atoms with E-state index in [1.807, 2.05) is 0 Å². The number of hydrogen-bond donors (Lipinski definition) is 1. The highest BCUT2D eigenvalue weighted by molar-refractivity contribution is 5.29. The second-order valence-corrected chi connectivity index (χ2v) is 8.12. The molecule has 1 unspecified atom stereocenters. The zero-order valence-corrected chi connectivity index (χ0v) is 14.7. The quantitative estimate of drug-likeness (QED) is 0.767. The molecule has 0 amide bonds. The molecule has 1 aromatic carbocycles. The van der Waals surface area contributed by atoms with Crippen LogP contribution in [0.5, 0.6) is 0 Å². The molecule has 20 heavy (non-hydrogen) atoms. The van der Waals surface area contributed by atoms with Crippen molar-refractivity contribution >= 4 is 0 Å². The molecule has 1 aromatic rings. The molecule has 0 aliphatic carbocycles. The van der Waals surface area contributed by atoms with Gasteiger partial charge in [-0.1, -0.05) is 72.7 Å². The maximum atomic E-state index is 3.68. The zero-order valence-electron chi connectivity index (χ0n) is 14.7. The summed E-state index contributed by atoms with van der Waals surface area (Å²) in [6.45, 7) is 19.3. The Balaban J connectivity index is 2.67. The lowest BCUT2D eigenvalue weighted by atomic mass is 9.81. The molecule has 1 N–H and O–H groups in total. The SMILES string of the molecule is CC(NCC(C)(C)C(C)C)c1ccc(C(C)(C)C)cc1. The fourth-order valence-electron chi connectivity index (χ4n) is 2.01. The summed E-state index contributed by atoms with van der Waals surface area (Å²) >= 11 is 0.